The molecule has 0 spiro atoms. The molecule has 0 aromatic heterocycles. The van der Waals surface area contributed by atoms with Gasteiger partial charge in [-0.3, -0.25) is 9.32 Å². The fourth-order valence-corrected chi connectivity index (χ4v) is 3.20. The number of aliphatic hydroxyl groups excluding tert-OH is 1. The Balaban J connectivity index is 0. The van der Waals surface area contributed by atoms with Crippen molar-refractivity contribution in [3.63, 3.8) is 0 Å². The first-order valence-electron chi connectivity index (χ1n) is 11.0. The van der Waals surface area contributed by atoms with E-state index in [9.17, 15) is 14.5 Å². The van der Waals surface area contributed by atoms with E-state index in [0.717, 1.165) is 32.1 Å². The number of phosphoric acid groups is 1. The van der Waals surface area contributed by atoms with E-state index in [1.165, 1.54) is 51.4 Å². The molecule has 0 aliphatic carbocycles. The molecule has 30 heavy (non-hydrogen) atoms. The number of phosphoric ester groups is 1. The molecule has 1 atom stereocenters. The van der Waals surface area contributed by atoms with E-state index in [-0.39, 0.29) is 42.6 Å². The Hall–Kier alpha value is 0.280. The third-order valence-electron chi connectivity index (χ3n) is 4.51. The first kappa shape index (κ1) is 32.5. The summed E-state index contributed by atoms with van der Waals surface area (Å²) in [7, 11) is -4.62. The van der Waals surface area contributed by atoms with Gasteiger partial charge in [-0.1, -0.05) is 70.4 Å². The molecule has 0 aromatic rings. The molecule has 0 radical (unpaired) electrons. The number of ether oxygens (including phenoxy) is 1. The molecule has 0 aliphatic rings. The molecule has 0 amide bonds. The average molecular weight is 461 g/mol. The summed E-state index contributed by atoms with van der Waals surface area (Å²) in [5.74, 6) is -0.419. The summed E-state index contributed by atoms with van der Waals surface area (Å²) in [4.78, 5) is 28.6. The van der Waals surface area contributed by atoms with Crippen LogP contribution in [0.2, 0.25) is 0 Å². The average Bonchev–Trinajstić information content (AvgIpc) is 2.67. The molecule has 3 N–H and O–H groups in total. The van der Waals surface area contributed by atoms with E-state index in [4.69, 9.17) is 14.5 Å². The number of rotatable bonds is 20. The van der Waals surface area contributed by atoms with Gasteiger partial charge in [0.25, 0.3) is 0 Å². The van der Waals surface area contributed by atoms with Gasteiger partial charge in [0.05, 0.1) is 6.61 Å². The zero-order valence-electron chi connectivity index (χ0n) is 18.0. The zero-order chi connectivity index (χ0) is 21.8. The van der Waals surface area contributed by atoms with Gasteiger partial charge < -0.3 is 19.6 Å². The van der Waals surface area contributed by atoms with Gasteiger partial charge in [0, 0.05) is 6.42 Å². The maximum absolute atomic E-state index is 11.5. The fraction of sp³-hybridized carbons (Fsp3) is 0.857. The van der Waals surface area contributed by atoms with Gasteiger partial charge in [0.2, 0.25) is 0 Å². The van der Waals surface area contributed by atoms with E-state index in [0.29, 0.717) is 0 Å². The van der Waals surface area contributed by atoms with Crippen molar-refractivity contribution < 1.29 is 33.5 Å². The predicted octanol–water partition coefficient (Wildman–Crippen LogP) is 4.39. The van der Waals surface area contributed by atoms with E-state index in [1.807, 2.05) is 0 Å². The monoisotopic (exact) mass is 460 g/mol. The van der Waals surface area contributed by atoms with Gasteiger partial charge in [-0.05, 0) is 32.1 Å². The summed E-state index contributed by atoms with van der Waals surface area (Å²) in [6.45, 7) is 1.33. The Morgan fingerprint density at radius 3 is 1.90 bits per heavy atom. The van der Waals surface area contributed by atoms with Gasteiger partial charge in [0.15, 0.2) is 0 Å². The molecular formula is C21H42NaO7P. The quantitative estimate of drug-likeness (QED) is 0.0812. The van der Waals surface area contributed by atoms with Gasteiger partial charge in [-0.15, -0.1) is 0 Å². The summed E-state index contributed by atoms with van der Waals surface area (Å²) in [6, 6.07) is 0. The van der Waals surface area contributed by atoms with Crippen LogP contribution in [0.4, 0.5) is 0 Å². The predicted molar refractivity (Wildman–Crippen MR) is 122 cm³/mol. The minimum atomic E-state index is -4.62. The van der Waals surface area contributed by atoms with Gasteiger partial charge in [-0.25, -0.2) is 4.57 Å². The van der Waals surface area contributed by atoms with Crippen LogP contribution in [0, 0.1) is 0 Å². The normalized spacial score (nSPS) is 12.7. The minimum absolute atomic E-state index is 0. The van der Waals surface area contributed by atoms with Crippen molar-refractivity contribution in [2.45, 2.75) is 103 Å². The van der Waals surface area contributed by atoms with Crippen LogP contribution in [0.15, 0.2) is 12.2 Å². The Morgan fingerprint density at radius 1 is 0.867 bits per heavy atom. The third kappa shape index (κ3) is 26.3. The second-order valence-corrected chi connectivity index (χ2v) is 8.70. The number of allylic oxidation sites excluding steroid dienone is 2. The van der Waals surface area contributed by atoms with Crippen LogP contribution in [0.25, 0.3) is 0 Å². The van der Waals surface area contributed by atoms with Gasteiger partial charge in [0.1, 0.15) is 12.7 Å². The van der Waals surface area contributed by atoms with E-state index in [2.05, 4.69) is 23.6 Å². The number of unbranched alkanes of at least 4 members (excludes halogenated alkanes) is 11. The molecule has 0 aromatic carbocycles. The topological polar surface area (TPSA) is 113 Å². The van der Waals surface area contributed by atoms with Crippen molar-refractivity contribution in [3.8, 4) is 0 Å². The first-order valence-corrected chi connectivity index (χ1v) is 12.6. The molecule has 7 nitrogen and oxygen atoms in total. The Labute approximate surface area is 204 Å². The second kappa shape index (κ2) is 22.5. The van der Waals surface area contributed by atoms with Crippen LogP contribution in [0.3, 0.4) is 0 Å². The molecule has 174 valence electrons. The second-order valence-electron chi connectivity index (χ2n) is 7.46. The maximum atomic E-state index is 11.5. The summed E-state index contributed by atoms with van der Waals surface area (Å²) >= 11 is 0. The number of aliphatic hydroxyl groups is 1. The molecule has 0 saturated heterocycles. The SMILES string of the molecule is CCCCCCCC/C=C\CCCCCCCC(=O)OC[C@@H](O)COP(=O)(O)O.[NaH]. The van der Waals surface area contributed by atoms with Crippen LogP contribution >= 0.6 is 7.82 Å². The molecule has 0 unspecified atom stereocenters. The molecule has 0 aliphatic heterocycles. The summed E-state index contributed by atoms with van der Waals surface area (Å²) in [5, 5.41) is 9.41. The van der Waals surface area contributed by atoms with E-state index >= 15 is 0 Å². The number of esters is 1. The molecule has 0 saturated carbocycles. The van der Waals surface area contributed by atoms with Crippen molar-refractivity contribution in [1.29, 1.82) is 0 Å². The van der Waals surface area contributed by atoms with Crippen LogP contribution in [-0.2, 0) is 18.6 Å². The van der Waals surface area contributed by atoms with Crippen molar-refractivity contribution in [3.05, 3.63) is 12.2 Å². The summed E-state index contributed by atoms with van der Waals surface area (Å²) in [6.07, 6.45) is 19.0. The fourth-order valence-electron chi connectivity index (χ4n) is 2.83. The molecular weight excluding hydrogens is 418 g/mol. The number of hydrogen-bond acceptors (Lipinski definition) is 5. The third-order valence-corrected chi connectivity index (χ3v) is 5.00. The molecule has 0 fully saturated rings. The van der Waals surface area contributed by atoms with Crippen molar-refractivity contribution >= 4 is 43.3 Å². The molecule has 0 heterocycles. The number of hydrogen-bond donors (Lipinski definition) is 3. The number of carbonyl (C=O) groups excluding carboxylic acids is 1. The van der Waals surface area contributed by atoms with Crippen molar-refractivity contribution in [2.75, 3.05) is 13.2 Å². The van der Waals surface area contributed by atoms with Crippen LogP contribution in [-0.4, -0.2) is 69.7 Å². The van der Waals surface area contributed by atoms with Crippen LogP contribution < -0.4 is 0 Å². The van der Waals surface area contributed by atoms with E-state index in [1.54, 1.807) is 0 Å². The van der Waals surface area contributed by atoms with Crippen LogP contribution in [0.5, 0.6) is 0 Å². The molecule has 9 heteroatoms. The summed E-state index contributed by atoms with van der Waals surface area (Å²) < 4.78 is 19.5. The summed E-state index contributed by atoms with van der Waals surface area (Å²) in [5.41, 5.74) is 0. The Kier molecular flexibility index (Phi) is 24.3. The van der Waals surface area contributed by atoms with Crippen molar-refractivity contribution in [1.82, 2.24) is 0 Å². The Bertz CT molecular complexity index is 468. The zero-order valence-corrected chi connectivity index (χ0v) is 18.9. The van der Waals surface area contributed by atoms with Gasteiger partial charge >= 0.3 is 43.3 Å². The standard InChI is InChI=1S/C21H41O7P.Na.H/c1-2-3-4-5-6-7-8-9-10-11-12-13-14-15-16-17-21(23)27-18-20(22)19-28-29(24,25)26;;/h9-10,20,22H,2-8,11-19H2,1H3,(H2,24,25,26);;/b10-9-;;/t20-;;/m1../s1. The Morgan fingerprint density at radius 2 is 1.37 bits per heavy atom. The molecule has 0 bridgehead atoms. The first-order chi connectivity index (χ1) is 13.8. The van der Waals surface area contributed by atoms with Gasteiger partial charge in [-0.2, -0.15) is 0 Å². The van der Waals surface area contributed by atoms with E-state index < -0.39 is 26.5 Å². The number of carbonyl (C=O) groups is 1. The van der Waals surface area contributed by atoms with Crippen LogP contribution in [0.1, 0.15) is 96.8 Å². The van der Waals surface area contributed by atoms with Crippen molar-refractivity contribution in [2.24, 2.45) is 0 Å². The molecule has 0 rings (SSSR count).